The van der Waals surface area contributed by atoms with E-state index in [2.05, 4.69) is 24.3 Å². The van der Waals surface area contributed by atoms with E-state index >= 15 is 0 Å². The number of rotatable bonds is 6. The molecule has 1 aromatic heterocycles. The molecule has 1 N–H and O–H groups in total. The van der Waals surface area contributed by atoms with Crippen molar-refractivity contribution in [3.8, 4) is 0 Å². The first-order valence-electron chi connectivity index (χ1n) is 6.51. The highest BCUT2D eigenvalue weighted by Gasteiger charge is 2.27. The van der Waals surface area contributed by atoms with E-state index < -0.39 is 12.6 Å². The minimum atomic E-state index is -4.14. The molecule has 0 spiro atoms. The maximum atomic E-state index is 12.2. The van der Waals surface area contributed by atoms with Gasteiger partial charge in [-0.15, -0.1) is 0 Å². The van der Waals surface area contributed by atoms with Gasteiger partial charge >= 0.3 is 6.18 Å². The molecule has 0 aliphatic carbocycles. The van der Waals surface area contributed by atoms with Crippen LogP contribution in [0.5, 0.6) is 0 Å². The molecule has 6 heteroatoms. The Hall–Kier alpha value is -1.04. The van der Waals surface area contributed by atoms with E-state index in [1.54, 1.807) is 0 Å². The Kier molecular flexibility index (Phi) is 5.40. The van der Waals surface area contributed by atoms with E-state index in [1.807, 2.05) is 13.8 Å². The van der Waals surface area contributed by atoms with Crippen LogP contribution in [0.3, 0.4) is 0 Å². The highest BCUT2D eigenvalue weighted by Crippen LogP contribution is 2.21. The number of alkyl halides is 3. The van der Waals surface area contributed by atoms with E-state index in [0.717, 1.165) is 23.5 Å². The zero-order chi connectivity index (χ0) is 14.6. The smallest absolute Gasteiger partial charge is 0.312 e. The molecule has 0 fully saturated rings. The summed E-state index contributed by atoms with van der Waals surface area (Å²) in [6.07, 6.45) is -4.98. The second kappa shape index (κ2) is 6.41. The van der Waals surface area contributed by atoms with Crippen LogP contribution in [0.25, 0.3) is 0 Å². The van der Waals surface area contributed by atoms with Crippen LogP contribution < -0.4 is 5.32 Å². The molecule has 0 saturated heterocycles. The lowest BCUT2D eigenvalue weighted by atomic mass is 10.2. The molecule has 1 heterocycles. The molecule has 19 heavy (non-hydrogen) atoms. The van der Waals surface area contributed by atoms with Crippen molar-refractivity contribution in [2.45, 2.75) is 53.4 Å². The third-order valence-electron chi connectivity index (χ3n) is 2.99. The molecule has 110 valence electrons. The Morgan fingerprint density at radius 1 is 1.26 bits per heavy atom. The largest absolute Gasteiger partial charge is 0.390 e. The number of nitrogens with one attached hydrogen (secondary N) is 1. The summed E-state index contributed by atoms with van der Waals surface area (Å²) in [5, 5.41) is 7.48. The summed E-state index contributed by atoms with van der Waals surface area (Å²) in [5.41, 5.74) is 2.62. The third kappa shape index (κ3) is 5.22. The zero-order valence-corrected chi connectivity index (χ0v) is 11.9. The summed E-state index contributed by atoms with van der Waals surface area (Å²) >= 11 is 0. The van der Waals surface area contributed by atoms with Gasteiger partial charge in [0.1, 0.15) is 0 Å². The summed E-state index contributed by atoms with van der Waals surface area (Å²) in [5.74, 6) is 0.542. The highest BCUT2D eigenvalue weighted by molar-refractivity contribution is 5.24. The normalized spacial score (nSPS) is 12.4. The fourth-order valence-electron chi connectivity index (χ4n) is 1.93. The monoisotopic (exact) mass is 277 g/mol. The SMILES string of the molecule is Cc1nn(CCC(F)(F)F)c(C)c1CNCC(C)C. The summed E-state index contributed by atoms with van der Waals surface area (Å²) in [7, 11) is 0. The molecule has 3 nitrogen and oxygen atoms in total. The van der Waals surface area contributed by atoms with Crippen molar-refractivity contribution in [1.29, 1.82) is 0 Å². The van der Waals surface area contributed by atoms with Gasteiger partial charge in [0.25, 0.3) is 0 Å². The Morgan fingerprint density at radius 3 is 2.42 bits per heavy atom. The summed E-state index contributed by atoms with van der Waals surface area (Å²) in [6.45, 7) is 9.31. The number of halogens is 3. The van der Waals surface area contributed by atoms with E-state index in [9.17, 15) is 13.2 Å². The van der Waals surface area contributed by atoms with Crippen LogP contribution in [-0.2, 0) is 13.1 Å². The van der Waals surface area contributed by atoms with Gasteiger partial charge in [-0.1, -0.05) is 13.8 Å². The third-order valence-corrected chi connectivity index (χ3v) is 2.99. The molecular formula is C13H22F3N3. The minimum Gasteiger partial charge on any atom is -0.312 e. The Labute approximate surface area is 112 Å². The molecule has 0 aliphatic rings. The lowest BCUT2D eigenvalue weighted by Gasteiger charge is -2.09. The van der Waals surface area contributed by atoms with Crippen molar-refractivity contribution in [1.82, 2.24) is 15.1 Å². The maximum absolute atomic E-state index is 12.2. The number of hydrogen-bond donors (Lipinski definition) is 1. The van der Waals surface area contributed by atoms with Gasteiger partial charge in [0.2, 0.25) is 0 Å². The van der Waals surface area contributed by atoms with Gasteiger partial charge in [0, 0.05) is 24.3 Å². The average molecular weight is 277 g/mol. The van der Waals surface area contributed by atoms with Crippen LogP contribution >= 0.6 is 0 Å². The lowest BCUT2D eigenvalue weighted by Crippen LogP contribution is -2.20. The van der Waals surface area contributed by atoms with Crippen LogP contribution in [0.1, 0.15) is 37.2 Å². The number of hydrogen-bond acceptors (Lipinski definition) is 2. The predicted octanol–water partition coefficient (Wildman–Crippen LogP) is 3.20. The van der Waals surface area contributed by atoms with Gasteiger partial charge in [-0.3, -0.25) is 4.68 Å². The van der Waals surface area contributed by atoms with Crippen molar-refractivity contribution in [3.05, 3.63) is 17.0 Å². The first-order chi connectivity index (χ1) is 8.70. The van der Waals surface area contributed by atoms with E-state index in [4.69, 9.17) is 0 Å². The highest BCUT2D eigenvalue weighted by atomic mass is 19.4. The van der Waals surface area contributed by atoms with Crippen LogP contribution in [0.15, 0.2) is 0 Å². The standard InChI is InChI=1S/C13H22F3N3/c1-9(2)7-17-8-12-10(3)18-19(11(12)4)6-5-13(14,15)16/h9,17H,5-8H2,1-4H3. The molecular weight excluding hydrogens is 255 g/mol. The quantitative estimate of drug-likeness (QED) is 0.865. The predicted molar refractivity (Wildman–Crippen MR) is 68.9 cm³/mol. The molecule has 0 aromatic carbocycles. The van der Waals surface area contributed by atoms with Crippen LogP contribution in [-0.4, -0.2) is 22.5 Å². The van der Waals surface area contributed by atoms with Crippen LogP contribution in [0.2, 0.25) is 0 Å². The van der Waals surface area contributed by atoms with Gasteiger partial charge in [-0.05, 0) is 26.3 Å². The first-order valence-corrected chi connectivity index (χ1v) is 6.51. The van der Waals surface area contributed by atoms with Crippen LogP contribution in [0.4, 0.5) is 13.2 Å². The summed E-state index contributed by atoms with van der Waals surface area (Å²) in [4.78, 5) is 0. The average Bonchev–Trinajstić information content (AvgIpc) is 2.52. The van der Waals surface area contributed by atoms with E-state index in [1.165, 1.54) is 4.68 Å². The second-order valence-electron chi connectivity index (χ2n) is 5.26. The van der Waals surface area contributed by atoms with Crippen molar-refractivity contribution < 1.29 is 13.2 Å². The van der Waals surface area contributed by atoms with E-state index in [0.29, 0.717) is 12.5 Å². The molecule has 0 saturated carbocycles. The van der Waals surface area contributed by atoms with Crippen molar-refractivity contribution >= 4 is 0 Å². The molecule has 1 aromatic rings. The van der Waals surface area contributed by atoms with E-state index in [-0.39, 0.29) is 6.54 Å². The molecule has 1 rings (SSSR count). The first kappa shape index (κ1) is 16.0. The lowest BCUT2D eigenvalue weighted by molar-refractivity contribution is -0.137. The molecule has 0 unspecified atom stereocenters. The summed E-state index contributed by atoms with van der Waals surface area (Å²) < 4.78 is 38.1. The van der Waals surface area contributed by atoms with Crippen LogP contribution in [0, 0.1) is 19.8 Å². The Morgan fingerprint density at radius 2 is 1.89 bits per heavy atom. The molecule has 0 amide bonds. The fourth-order valence-corrected chi connectivity index (χ4v) is 1.93. The van der Waals surface area contributed by atoms with Crippen molar-refractivity contribution in [2.75, 3.05) is 6.54 Å². The van der Waals surface area contributed by atoms with Gasteiger partial charge in [0.15, 0.2) is 0 Å². The topological polar surface area (TPSA) is 29.9 Å². The molecule has 0 atom stereocenters. The minimum absolute atomic E-state index is 0.111. The van der Waals surface area contributed by atoms with Gasteiger partial charge in [0.05, 0.1) is 12.1 Å². The molecule has 0 radical (unpaired) electrons. The Bertz CT molecular complexity index is 408. The Balaban J connectivity index is 2.66. The zero-order valence-electron chi connectivity index (χ0n) is 11.9. The van der Waals surface area contributed by atoms with Gasteiger partial charge in [-0.25, -0.2) is 0 Å². The molecule has 0 bridgehead atoms. The van der Waals surface area contributed by atoms with Gasteiger partial charge in [-0.2, -0.15) is 18.3 Å². The second-order valence-corrected chi connectivity index (χ2v) is 5.26. The number of aromatic nitrogens is 2. The summed E-state index contributed by atoms with van der Waals surface area (Å²) in [6, 6.07) is 0. The fraction of sp³-hybridized carbons (Fsp3) is 0.769. The number of aryl methyl sites for hydroxylation is 2. The maximum Gasteiger partial charge on any atom is 0.390 e. The van der Waals surface area contributed by atoms with Crippen molar-refractivity contribution in [3.63, 3.8) is 0 Å². The number of nitrogens with zero attached hydrogens (tertiary/aromatic N) is 2. The van der Waals surface area contributed by atoms with Gasteiger partial charge < -0.3 is 5.32 Å². The van der Waals surface area contributed by atoms with Crippen molar-refractivity contribution in [2.24, 2.45) is 5.92 Å². The molecule has 0 aliphatic heterocycles.